The maximum absolute atomic E-state index is 12.3. The molecule has 8 nitrogen and oxygen atoms in total. The summed E-state index contributed by atoms with van der Waals surface area (Å²) in [6.45, 7) is 0.767. The third-order valence-electron chi connectivity index (χ3n) is 5.84. The van der Waals surface area contributed by atoms with Gasteiger partial charge in [0.1, 0.15) is 0 Å². The molecule has 8 heteroatoms. The van der Waals surface area contributed by atoms with Crippen LogP contribution in [0.15, 0.2) is 18.2 Å². The quantitative estimate of drug-likeness (QED) is 0.376. The van der Waals surface area contributed by atoms with E-state index < -0.39 is 5.92 Å². The summed E-state index contributed by atoms with van der Waals surface area (Å²) in [5.41, 5.74) is 7.73. The second kappa shape index (κ2) is 11.0. The number of nitrogens with zero attached hydrogens (tertiary/aromatic N) is 2. The molecule has 0 radical (unpaired) electrons. The summed E-state index contributed by atoms with van der Waals surface area (Å²) in [7, 11) is 1.82. The molecule has 2 heterocycles. The highest BCUT2D eigenvalue weighted by molar-refractivity contribution is 6.03. The standard InChI is InChI=1S/C23H33N5O3/c1-28-19-15-16(25-20(29)9-7-5-3-2-4-6-8-14-24)10-11-17(19)22(27-28)18-12-13-21(30)26-23(18)31/h10-11,15,18H,2-9,12-14,24H2,1H3,(H,25,29)(H,26,30,31). The number of nitrogens with one attached hydrogen (secondary N) is 2. The molecule has 1 unspecified atom stereocenters. The number of amides is 3. The molecule has 3 amide bonds. The highest BCUT2D eigenvalue weighted by atomic mass is 16.2. The molecule has 2 aromatic rings. The molecule has 31 heavy (non-hydrogen) atoms. The van der Waals surface area contributed by atoms with E-state index in [1.54, 1.807) is 4.68 Å². The Hall–Kier alpha value is -2.74. The van der Waals surface area contributed by atoms with Crippen LogP contribution in [-0.4, -0.2) is 34.0 Å². The summed E-state index contributed by atoms with van der Waals surface area (Å²) in [5.74, 6) is -0.960. The Labute approximate surface area is 182 Å². The second-order valence-electron chi connectivity index (χ2n) is 8.31. The fourth-order valence-corrected chi connectivity index (χ4v) is 4.11. The number of carbonyl (C=O) groups is 3. The zero-order chi connectivity index (χ0) is 22.2. The van der Waals surface area contributed by atoms with Gasteiger partial charge in [-0.05, 0) is 44.0 Å². The van der Waals surface area contributed by atoms with Gasteiger partial charge < -0.3 is 11.1 Å². The Bertz CT molecular complexity index is 937. The van der Waals surface area contributed by atoms with E-state index in [0.29, 0.717) is 25.0 Å². The van der Waals surface area contributed by atoms with Crippen LogP contribution < -0.4 is 16.4 Å². The topological polar surface area (TPSA) is 119 Å². The summed E-state index contributed by atoms with van der Waals surface area (Å²) in [6.07, 6.45) is 9.09. The SMILES string of the molecule is Cn1nc(C2CCC(=O)NC2=O)c2ccc(NC(=O)CCCCCCCCCN)cc21. The monoisotopic (exact) mass is 427 g/mol. The molecule has 0 spiro atoms. The summed E-state index contributed by atoms with van der Waals surface area (Å²) in [6, 6.07) is 5.61. The summed E-state index contributed by atoms with van der Waals surface area (Å²) in [5, 5.41) is 10.8. The Morgan fingerprint density at radius 2 is 1.87 bits per heavy atom. The van der Waals surface area contributed by atoms with Crippen molar-refractivity contribution in [2.75, 3.05) is 11.9 Å². The lowest BCUT2D eigenvalue weighted by Crippen LogP contribution is -2.39. The Balaban J connectivity index is 1.53. The number of unbranched alkanes of at least 4 members (excludes halogenated alkanes) is 6. The maximum atomic E-state index is 12.3. The lowest BCUT2D eigenvalue weighted by atomic mass is 9.93. The fourth-order valence-electron chi connectivity index (χ4n) is 4.11. The van der Waals surface area contributed by atoms with Crippen LogP contribution in [0.25, 0.3) is 10.9 Å². The van der Waals surface area contributed by atoms with E-state index >= 15 is 0 Å². The lowest BCUT2D eigenvalue weighted by Gasteiger charge is -2.19. The number of piperidine rings is 1. The van der Waals surface area contributed by atoms with Gasteiger partial charge in [0.15, 0.2) is 0 Å². The van der Waals surface area contributed by atoms with Gasteiger partial charge in [-0.15, -0.1) is 0 Å². The average molecular weight is 428 g/mol. The minimum absolute atomic E-state index is 0.00930. The van der Waals surface area contributed by atoms with E-state index in [-0.39, 0.29) is 17.7 Å². The number of fused-ring (bicyclic) bond motifs is 1. The molecule has 0 bridgehead atoms. The fraction of sp³-hybridized carbons (Fsp3) is 0.565. The molecule has 0 aliphatic carbocycles. The van der Waals surface area contributed by atoms with Crippen molar-refractivity contribution in [2.24, 2.45) is 12.8 Å². The number of imide groups is 1. The number of carbonyl (C=O) groups excluding carboxylic acids is 3. The first-order chi connectivity index (χ1) is 15.0. The predicted octanol–water partition coefficient (Wildman–Crippen LogP) is 3.11. The van der Waals surface area contributed by atoms with Crippen molar-refractivity contribution < 1.29 is 14.4 Å². The Kier molecular flexibility index (Phi) is 8.17. The molecular formula is C23H33N5O3. The highest BCUT2D eigenvalue weighted by Crippen LogP contribution is 2.31. The summed E-state index contributed by atoms with van der Waals surface area (Å²) < 4.78 is 1.72. The normalized spacial score (nSPS) is 16.5. The second-order valence-corrected chi connectivity index (χ2v) is 8.31. The number of hydrogen-bond acceptors (Lipinski definition) is 5. The largest absolute Gasteiger partial charge is 0.330 e. The highest BCUT2D eigenvalue weighted by Gasteiger charge is 2.31. The third kappa shape index (κ3) is 6.13. The molecule has 0 saturated carbocycles. The number of hydrogen-bond donors (Lipinski definition) is 3. The minimum atomic E-state index is -0.433. The molecule has 1 atom stereocenters. The van der Waals surface area contributed by atoms with Gasteiger partial charge in [0.25, 0.3) is 0 Å². The van der Waals surface area contributed by atoms with E-state index in [1.807, 2.05) is 25.2 Å². The van der Waals surface area contributed by atoms with Gasteiger partial charge in [-0.2, -0.15) is 5.10 Å². The first kappa shape index (κ1) is 22.9. The van der Waals surface area contributed by atoms with Crippen molar-refractivity contribution in [3.63, 3.8) is 0 Å². The molecule has 4 N–H and O–H groups in total. The van der Waals surface area contributed by atoms with Crippen LogP contribution in [0, 0.1) is 0 Å². The van der Waals surface area contributed by atoms with Gasteiger partial charge in [0.05, 0.1) is 17.1 Å². The van der Waals surface area contributed by atoms with Gasteiger partial charge in [-0.1, -0.05) is 32.1 Å². The summed E-state index contributed by atoms with van der Waals surface area (Å²) >= 11 is 0. The summed E-state index contributed by atoms with van der Waals surface area (Å²) in [4.78, 5) is 36.0. The average Bonchev–Trinajstić information content (AvgIpc) is 3.06. The molecule has 168 valence electrons. The van der Waals surface area contributed by atoms with Crippen LogP contribution in [0.4, 0.5) is 5.69 Å². The van der Waals surface area contributed by atoms with Crippen molar-refractivity contribution in [3.05, 3.63) is 23.9 Å². The van der Waals surface area contributed by atoms with Crippen LogP contribution in [0.1, 0.15) is 75.8 Å². The smallest absolute Gasteiger partial charge is 0.235 e. The van der Waals surface area contributed by atoms with Crippen molar-refractivity contribution >= 4 is 34.3 Å². The van der Waals surface area contributed by atoms with Gasteiger partial charge in [-0.25, -0.2) is 0 Å². The predicted molar refractivity (Wildman–Crippen MR) is 120 cm³/mol. The third-order valence-corrected chi connectivity index (χ3v) is 5.84. The van der Waals surface area contributed by atoms with E-state index in [1.165, 1.54) is 19.3 Å². The van der Waals surface area contributed by atoms with Crippen LogP contribution >= 0.6 is 0 Å². The van der Waals surface area contributed by atoms with Gasteiger partial charge in [0, 0.05) is 31.0 Å². The van der Waals surface area contributed by atoms with Crippen molar-refractivity contribution in [1.29, 1.82) is 0 Å². The van der Waals surface area contributed by atoms with Crippen molar-refractivity contribution in [3.8, 4) is 0 Å². The number of aryl methyl sites for hydroxylation is 1. The van der Waals surface area contributed by atoms with E-state index in [4.69, 9.17) is 5.73 Å². The first-order valence-corrected chi connectivity index (χ1v) is 11.3. The molecule has 1 aliphatic heterocycles. The lowest BCUT2D eigenvalue weighted by molar-refractivity contribution is -0.134. The molecular weight excluding hydrogens is 394 g/mol. The van der Waals surface area contributed by atoms with E-state index in [2.05, 4.69) is 15.7 Å². The van der Waals surface area contributed by atoms with Crippen LogP contribution in [0.2, 0.25) is 0 Å². The number of rotatable bonds is 11. The first-order valence-electron chi connectivity index (χ1n) is 11.3. The number of benzene rings is 1. The maximum Gasteiger partial charge on any atom is 0.235 e. The molecule has 1 aromatic carbocycles. The van der Waals surface area contributed by atoms with Crippen molar-refractivity contribution in [2.45, 2.75) is 70.1 Å². The number of anilines is 1. The van der Waals surface area contributed by atoms with Gasteiger partial charge >= 0.3 is 0 Å². The van der Waals surface area contributed by atoms with E-state index in [0.717, 1.165) is 48.8 Å². The van der Waals surface area contributed by atoms with Crippen molar-refractivity contribution in [1.82, 2.24) is 15.1 Å². The van der Waals surface area contributed by atoms with Crippen LogP contribution in [0.5, 0.6) is 0 Å². The molecule has 3 rings (SSSR count). The van der Waals surface area contributed by atoms with Gasteiger partial charge in [-0.3, -0.25) is 24.4 Å². The minimum Gasteiger partial charge on any atom is -0.330 e. The van der Waals surface area contributed by atoms with Crippen LogP contribution in [0.3, 0.4) is 0 Å². The molecule has 1 fully saturated rings. The van der Waals surface area contributed by atoms with E-state index in [9.17, 15) is 14.4 Å². The molecule has 1 saturated heterocycles. The molecule has 1 aliphatic rings. The van der Waals surface area contributed by atoms with Gasteiger partial charge in [0.2, 0.25) is 17.7 Å². The van der Waals surface area contributed by atoms with Crippen LogP contribution in [-0.2, 0) is 21.4 Å². The Morgan fingerprint density at radius 3 is 2.58 bits per heavy atom. The zero-order valence-corrected chi connectivity index (χ0v) is 18.3. The number of aromatic nitrogens is 2. The molecule has 1 aromatic heterocycles. The number of nitrogens with two attached hydrogens (primary N) is 1. The zero-order valence-electron chi connectivity index (χ0n) is 18.3. The Morgan fingerprint density at radius 1 is 1.16 bits per heavy atom.